The van der Waals surface area contributed by atoms with Crippen LogP contribution in [-0.4, -0.2) is 10.5 Å². The van der Waals surface area contributed by atoms with Crippen molar-refractivity contribution in [1.29, 1.82) is 0 Å². The second-order valence-electron chi connectivity index (χ2n) is 4.68. The number of halogens is 6. The highest BCUT2D eigenvalue weighted by atomic mass is 79.9. The number of rotatable bonds is 3. The molecule has 0 unspecified atom stereocenters. The molecule has 0 bridgehead atoms. The summed E-state index contributed by atoms with van der Waals surface area (Å²) < 4.78 is 39.6. The summed E-state index contributed by atoms with van der Waals surface area (Å²) in [4.78, 5) is 23.8. The van der Waals surface area contributed by atoms with Crippen LogP contribution >= 0.6 is 39.1 Å². The van der Waals surface area contributed by atoms with Crippen LogP contribution in [0.2, 0.25) is 10.0 Å². The van der Waals surface area contributed by atoms with E-state index in [1.54, 1.807) is 6.07 Å². The Labute approximate surface area is 152 Å². The summed E-state index contributed by atoms with van der Waals surface area (Å²) in [5, 5.41) is 2.02. The van der Waals surface area contributed by atoms with Gasteiger partial charge in [-0.25, -0.2) is 0 Å². The lowest BCUT2D eigenvalue weighted by molar-refractivity contribution is -0.138. The lowest BCUT2D eigenvalue weighted by Gasteiger charge is -2.12. The molecule has 0 fully saturated rings. The summed E-state index contributed by atoms with van der Waals surface area (Å²) in [5.41, 5.74) is -1.76. The van der Waals surface area contributed by atoms with Gasteiger partial charge in [-0.1, -0.05) is 39.1 Å². The summed E-state index contributed by atoms with van der Waals surface area (Å²) in [6.07, 6.45) is -4.15. The molecule has 2 rings (SSSR count). The fraction of sp³-hybridized carbons (Fsp3) is 0.143. The maximum Gasteiger partial charge on any atom is 0.417 e. The third-order valence-corrected chi connectivity index (χ3v) is 3.97. The summed E-state index contributed by atoms with van der Waals surface area (Å²) in [7, 11) is 0. The molecule has 4 nitrogen and oxygen atoms in total. The number of hydrogen-bond acceptors (Lipinski definition) is 2. The Morgan fingerprint density at radius 3 is 2.46 bits per heavy atom. The fourth-order valence-electron chi connectivity index (χ4n) is 1.81. The predicted octanol–water partition coefficient (Wildman–Crippen LogP) is 4.58. The third-order valence-electron chi connectivity index (χ3n) is 2.89. The van der Waals surface area contributed by atoms with Gasteiger partial charge in [0.1, 0.15) is 11.6 Å². The number of nitrogens with one attached hydrogen (secondary N) is 1. The van der Waals surface area contributed by atoms with Crippen molar-refractivity contribution in [3.8, 4) is 0 Å². The first-order chi connectivity index (χ1) is 11.1. The first-order valence-electron chi connectivity index (χ1n) is 6.30. The standard InChI is InChI=1S/C14H8BrCl2F3N2O2/c15-8-1-2-11(9(16)4-8)21-12(23)6-22-5-7(14(18,19)20)3-10(17)13(22)24/h1-5H,6H2,(H,21,23). The topological polar surface area (TPSA) is 51.1 Å². The average Bonchev–Trinajstić information content (AvgIpc) is 2.45. The molecule has 1 heterocycles. The van der Waals surface area contributed by atoms with E-state index in [9.17, 15) is 22.8 Å². The van der Waals surface area contributed by atoms with Crippen LogP contribution < -0.4 is 10.9 Å². The van der Waals surface area contributed by atoms with Gasteiger partial charge in [0.05, 0.1) is 16.3 Å². The number of alkyl halides is 3. The molecule has 0 radical (unpaired) electrons. The van der Waals surface area contributed by atoms with Crippen LogP contribution in [0.1, 0.15) is 5.56 Å². The molecule has 1 N–H and O–H groups in total. The van der Waals surface area contributed by atoms with Gasteiger partial charge in [-0.05, 0) is 24.3 Å². The minimum atomic E-state index is -4.69. The second kappa shape index (κ2) is 7.16. The van der Waals surface area contributed by atoms with Crippen LogP contribution in [0.3, 0.4) is 0 Å². The van der Waals surface area contributed by atoms with Crippen LogP contribution in [0, 0.1) is 0 Å². The van der Waals surface area contributed by atoms with Crippen molar-refractivity contribution < 1.29 is 18.0 Å². The van der Waals surface area contributed by atoms with E-state index in [0.717, 1.165) is 0 Å². The molecule has 10 heteroatoms. The van der Waals surface area contributed by atoms with Gasteiger partial charge in [0.25, 0.3) is 5.56 Å². The van der Waals surface area contributed by atoms with Gasteiger partial charge in [-0.2, -0.15) is 13.2 Å². The first-order valence-corrected chi connectivity index (χ1v) is 7.85. The van der Waals surface area contributed by atoms with E-state index in [4.69, 9.17) is 23.2 Å². The molecule has 1 aromatic heterocycles. The lowest BCUT2D eigenvalue weighted by Crippen LogP contribution is -2.29. The van der Waals surface area contributed by atoms with Gasteiger partial charge < -0.3 is 9.88 Å². The number of pyridine rings is 1. The molecule has 0 aliphatic carbocycles. The van der Waals surface area contributed by atoms with E-state index in [1.807, 2.05) is 0 Å². The number of carbonyl (C=O) groups is 1. The largest absolute Gasteiger partial charge is 0.417 e. The molecular formula is C14H8BrCl2F3N2O2. The Balaban J connectivity index is 2.25. The zero-order valence-corrected chi connectivity index (χ0v) is 14.7. The molecule has 1 amide bonds. The number of aromatic nitrogens is 1. The van der Waals surface area contributed by atoms with Gasteiger partial charge in [0.15, 0.2) is 0 Å². The smallest absolute Gasteiger partial charge is 0.323 e. The molecule has 24 heavy (non-hydrogen) atoms. The van der Waals surface area contributed by atoms with E-state index >= 15 is 0 Å². The average molecular weight is 444 g/mol. The molecule has 0 spiro atoms. The van der Waals surface area contributed by atoms with Crippen LogP contribution in [0.5, 0.6) is 0 Å². The van der Waals surface area contributed by atoms with Crippen molar-refractivity contribution in [2.24, 2.45) is 0 Å². The van der Waals surface area contributed by atoms with Crippen molar-refractivity contribution in [1.82, 2.24) is 4.57 Å². The van der Waals surface area contributed by atoms with Crippen molar-refractivity contribution in [2.45, 2.75) is 12.7 Å². The Bertz CT molecular complexity index is 853. The molecule has 0 saturated carbocycles. The lowest BCUT2D eigenvalue weighted by atomic mass is 10.2. The number of anilines is 1. The molecule has 1 aromatic carbocycles. The quantitative estimate of drug-likeness (QED) is 0.755. The van der Waals surface area contributed by atoms with E-state index < -0.39 is 34.8 Å². The summed E-state index contributed by atoms with van der Waals surface area (Å²) in [6.45, 7) is -0.644. The van der Waals surface area contributed by atoms with Gasteiger partial charge in [0, 0.05) is 10.7 Å². The summed E-state index contributed by atoms with van der Waals surface area (Å²) in [6, 6.07) is 5.18. The molecule has 2 aromatic rings. The van der Waals surface area contributed by atoms with Gasteiger partial charge in [-0.3, -0.25) is 9.59 Å². The van der Waals surface area contributed by atoms with Gasteiger partial charge in [-0.15, -0.1) is 0 Å². The van der Waals surface area contributed by atoms with E-state index in [2.05, 4.69) is 21.2 Å². The Hall–Kier alpha value is -1.51. The second-order valence-corrected chi connectivity index (χ2v) is 6.41. The monoisotopic (exact) mass is 442 g/mol. The number of carbonyl (C=O) groups excluding carboxylic acids is 1. The first kappa shape index (κ1) is 18.8. The zero-order valence-electron chi connectivity index (χ0n) is 11.6. The zero-order chi connectivity index (χ0) is 18.1. The van der Waals surface area contributed by atoms with Crippen LogP contribution in [0.25, 0.3) is 0 Å². The predicted molar refractivity (Wildman–Crippen MR) is 88.5 cm³/mol. The fourth-order valence-corrected chi connectivity index (χ4v) is 2.75. The van der Waals surface area contributed by atoms with Crippen LogP contribution in [0.15, 0.2) is 39.7 Å². The van der Waals surface area contributed by atoms with Crippen molar-refractivity contribution >= 4 is 50.7 Å². The number of benzene rings is 1. The number of amides is 1. The molecule has 0 aliphatic heterocycles. The Morgan fingerprint density at radius 1 is 1.21 bits per heavy atom. The number of nitrogens with zero attached hydrogens (tertiary/aromatic N) is 1. The summed E-state index contributed by atoms with van der Waals surface area (Å²) >= 11 is 14.7. The maximum atomic E-state index is 12.8. The van der Waals surface area contributed by atoms with Gasteiger partial charge >= 0.3 is 6.18 Å². The highest BCUT2D eigenvalue weighted by molar-refractivity contribution is 9.10. The Morgan fingerprint density at radius 2 is 1.88 bits per heavy atom. The highest BCUT2D eigenvalue weighted by Gasteiger charge is 2.32. The van der Waals surface area contributed by atoms with E-state index in [-0.39, 0.29) is 10.7 Å². The SMILES string of the molecule is O=C(Cn1cc(C(F)(F)F)cc(Cl)c1=O)Nc1ccc(Br)cc1Cl. The van der Waals surface area contributed by atoms with Gasteiger partial charge in [0.2, 0.25) is 5.91 Å². The van der Waals surface area contributed by atoms with Crippen molar-refractivity contribution in [3.63, 3.8) is 0 Å². The minimum Gasteiger partial charge on any atom is -0.323 e. The third kappa shape index (κ3) is 4.52. The Kier molecular flexibility index (Phi) is 5.62. The van der Waals surface area contributed by atoms with E-state index in [1.165, 1.54) is 12.1 Å². The number of hydrogen-bond donors (Lipinski definition) is 1. The molecule has 0 saturated heterocycles. The highest BCUT2D eigenvalue weighted by Crippen LogP contribution is 2.29. The summed E-state index contributed by atoms with van der Waals surface area (Å²) in [5.74, 6) is -0.725. The van der Waals surface area contributed by atoms with Crippen LogP contribution in [-0.2, 0) is 17.5 Å². The van der Waals surface area contributed by atoms with Crippen molar-refractivity contribution in [2.75, 3.05) is 5.32 Å². The maximum absolute atomic E-state index is 12.8. The minimum absolute atomic E-state index is 0.229. The van der Waals surface area contributed by atoms with Crippen LogP contribution in [0.4, 0.5) is 18.9 Å². The normalized spacial score (nSPS) is 11.4. The molecule has 0 atom stereocenters. The van der Waals surface area contributed by atoms with E-state index in [0.29, 0.717) is 21.3 Å². The molecule has 128 valence electrons. The van der Waals surface area contributed by atoms with Crippen molar-refractivity contribution in [3.05, 3.63) is 60.9 Å². The molecular weight excluding hydrogens is 436 g/mol. The molecule has 0 aliphatic rings.